The fraction of sp³-hybridized carbons (Fsp3) is 0.600. The van der Waals surface area contributed by atoms with Crippen LogP contribution in [-0.2, 0) is 13.0 Å². The molecule has 1 heterocycles. The highest BCUT2D eigenvalue weighted by Crippen LogP contribution is 2.14. The number of nitrogens with zero attached hydrogens (tertiary/aromatic N) is 1. The van der Waals surface area contributed by atoms with Gasteiger partial charge in [0.15, 0.2) is 0 Å². The zero-order valence-electron chi connectivity index (χ0n) is 10.7. The van der Waals surface area contributed by atoms with Gasteiger partial charge in [-0.15, -0.1) is 0 Å². The van der Waals surface area contributed by atoms with E-state index in [9.17, 15) is 0 Å². The van der Waals surface area contributed by atoms with Crippen LogP contribution in [0.5, 0.6) is 0 Å². The lowest BCUT2D eigenvalue weighted by Gasteiger charge is -2.26. The van der Waals surface area contributed by atoms with Crippen molar-refractivity contribution < 1.29 is 0 Å². The Morgan fingerprint density at radius 3 is 2.24 bits per heavy atom. The second-order valence-electron chi connectivity index (χ2n) is 5.05. The highest BCUT2D eigenvalue weighted by atomic mass is 15.1. The highest BCUT2D eigenvalue weighted by molar-refractivity contribution is 5.22. The molecule has 2 rings (SSSR count). The third kappa shape index (κ3) is 4.14. The first-order chi connectivity index (χ1) is 8.38. The standard InChI is InChI=1S/C15H24N2/c16-10-4-5-14-6-8-15(9-7-14)13-17-11-2-1-3-12-17/h6-9H,1-5,10-13,16H2. The molecule has 2 nitrogen and oxygen atoms in total. The molecule has 1 aromatic rings. The molecule has 1 aromatic carbocycles. The number of benzene rings is 1. The van der Waals surface area contributed by atoms with Gasteiger partial charge in [-0.25, -0.2) is 0 Å². The first-order valence-corrected chi connectivity index (χ1v) is 6.89. The van der Waals surface area contributed by atoms with E-state index in [0.29, 0.717) is 0 Å². The van der Waals surface area contributed by atoms with Crippen molar-refractivity contribution in [2.45, 2.75) is 38.6 Å². The quantitative estimate of drug-likeness (QED) is 0.845. The van der Waals surface area contributed by atoms with Crippen molar-refractivity contribution in [1.29, 1.82) is 0 Å². The van der Waals surface area contributed by atoms with E-state index in [4.69, 9.17) is 5.73 Å². The summed E-state index contributed by atoms with van der Waals surface area (Å²) >= 11 is 0. The smallest absolute Gasteiger partial charge is 0.0233 e. The first kappa shape index (κ1) is 12.6. The average molecular weight is 232 g/mol. The molecule has 0 aliphatic carbocycles. The molecule has 17 heavy (non-hydrogen) atoms. The fourth-order valence-electron chi connectivity index (χ4n) is 2.49. The lowest BCUT2D eigenvalue weighted by Crippen LogP contribution is -2.29. The third-order valence-corrected chi connectivity index (χ3v) is 3.55. The van der Waals surface area contributed by atoms with Crippen LogP contribution in [0.2, 0.25) is 0 Å². The van der Waals surface area contributed by atoms with Crippen LogP contribution in [0.4, 0.5) is 0 Å². The van der Waals surface area contributed by atoms with E-state index in [1.807, 2.05) is 0 Å². The summed E-state index contributed by atoms with van der Waals surface area (Å²) in [5, 5.41) is 0. The van der Waals surface area contributed by atoms with Gasteiger partial charge in [-0.05, 0) is 56.4 Å². The number of piperidine rings is 1. The Kier molecular flexibility index (Phi) is 5.02. The molecular weight excluding hydrogens is 208 g/mol. The Labute approximate surface area is 105 Å². The molecule has 0 amide bonds. The van der Waals surface area contributed by atoms with Gasteiger partial charge >= 0.3 is 0 Å². The van der Waals surface area contributed by atoms with Gasteiger partial charge in [-0.2, -0.15) is 0 Å². The summed E-state index contributed by atoms with van der Waals surface area (Å²) in [6.45, 7) is 4.45. The number of nitrogens with two attached hydrogens (primary N) is 1. The second kappa shape index (κ2) is 6.77. The zero-order chi connectivity index (χ0) is 11.9. The van der Waals surface area contributed by atoms with E-state index in [2.05, 4.69) is 29.2 Å². The maximum absolute atomic E-state index is 5.52. The van der Waals surface area contributed by atoms with Crippen LogP contribution in [0.1, 0.15) is 36.8 Å². The van der Waals surface area contributed by atoms with Crippen molar-refractivity contribution in [2.75, 3.05) is 19.6 Å². The maximum Gasteiger partial charge on any atom is 0.0233 e. The van der Waals surface area contributed by atoms with Crippen molar-refractivity contribution in [3.63, 3.8) is 0 Å². The number of hydrogen-bond acceptors (Lipinski definition) is 2. The normalized spacial score (nSPS) is 17.2. The van der Waals surface area contributed by atoms with E-state index in [-0.39, 0.29) is 0 Å². The van der Waals surface area contributed by atoms with E-state index < -0.39 is 0 Å². The van der Waals surface area contributed by atoms with Gasteiger partial charge in [0.25, 0.3) is 0 Å². The zero-order valence-corrected chi connectivity index (χ0v) is 10.7. The van der Waals surface area contributed by atoms with E-state index >= 15 is 0 Å². The van der Waals surface area contributed by atoms with Crippen LogP contribution in [0.15, 0.2) is 24.3 Å². The Balaban J connectivity index is 1.84. The third-order valence-electron chi connectivity index (χ3n) is 3.55. The van der Waals surface area contributed by atoms with E-state index in [0.717, 1.165) is 25.9 Å². The molecule has 1 fully saturated rings. The molecule has 0 atom stereocenters. The predicted octanol–water partition coefficient (Wildman–Crippen LogP) is 2.56. The lowest BCUT2D eigenvalue weighted by atomic mass is 10.1. The van der Waals surface area contributed by atoms with Gasteiger partial charge in [-0.1, -0.05) is 30.7 Å². The van der Waals surface area contributed by atoms with Gasteiger partial charge in [0.2, 0.25) is 0 Å². The molecule has 1 aliphatic rings. The summed E-state index contributed by atoms with van der Waals surface area (Å²) in [7, 11) is 0. The highest BCUT2D eigenvalue weighted by Gasteiger charge is 2.09. The SMILES string of the molecule is NCCCc1ccc(CN2CCCCC2)cc1. The molecule has 94 valence electrons. The first-order valence-electron chi connectivity index (χ1n) is 6.89. The summed E-state index contributed by atoms with van der Waals surface area (Å²) in [5.74, 6) is 0. The van der Waals surface area contributed by atoms with Crippen LogP contribution in [0.3, 0.4) is 0 Å². The molecule has 2 heteroatoms. The van der Waals surface area contributed by atoms with Crippen LogP contribution in [0.25, 0.3) is 0 Å². The largest absolute Gasteiger partial charge is 0.330 e. The van der Waals surface area contributed by atoms with Crippen LogP contribution in [0, 0.1) is 0 Å². The topological polar surface area (TPSA) is 29.3 Å². The number of hydrogen-bond donors (Lipinski definition) is 1. The van der Waals surface area contributed by atoms with E-state index in [1.165, 1.54) is 43.5 Å². The molecule has 0 spiro atoms. The van der Waals surface area contributed by atoms with Crippen LogP contribution in [-0.4, -0.2) is 24.5 Å². The Hall–Kier alpha value is -0.860. The molecule has 0 bridgehead atoms. The van der Waals surface area contributed by atoms with E-state index in [1.54, 1.807) is 0 Å². The fourth-order valence-corrected chi connectivity index (χ4v) is 2.49. The van der Waals surface area contributed by atoms with Gasteiger partial charge in [0.1, 0.15) is 0 Å². The van der Waals surface area contributed by atoms with Crippen molar-refractivity contribution in [1.82, 2.24) is 4.90 Å². The number of likely N-dealkylation sites (tertiary alicyclic amines) is 1. The number of rotatable bonds is 5. The van der Waals surface area contributed by atoms with Crippen LogP contribution < -0.4 is 5.73 Å². The molecule has 0 radical (unpaired) electrons. The maximum atomic E-state index is 5.52. The monoisotopic (exact) mass is 232 g/mol. The van der Waals surface area contributed by atoms with Gasteiger partial charge in [-0.3, -0.25) is 4.90 Å². The summed E-state index contributed by atoms with van der Waals surface area (Å²) in [5.41, 5.74) is 8.39. The molecule has 2 N–H and O–H groups in total. The molecular formula is C15H24N2. The summed E-state index contributed by atoms with van der Waals surface area (Å²) < 4.78 is 0. The summed E-state index contributed by atoms with van der Waals surface area (Å²) in [4.78, 5) is 2.57. The Morgan fingerprint density at radius 2 is 1.59 bits per heavy atom. The lowest BCUT2D eigenvalue weighted by molar-refractivity contribution is 0.221. The summed E-state index contributed by atoms with van der Waals surface area (Å²) in [6, 6.07) is 9.07. The predicted molar refractivity (Wildman–Crippen MR) is 72.9 cm³/mol. The molecule has 0 unspecified atom stereocenters. The Morgan fingerprint density at radius 1 is 0.941 bits per heavy atom. The van der Waals surface area contributed by atoms with Gasteiger partial charge in [0, 0.05) is 6.54 Å². The minimum Gasteiger partial charge on any atom is -0.330 e. The minimum absolute atomic E-state index is 0.787. The van der Waals surface area contributed by atoms with Crippen molar-refractivity contribution in [3.8, 4) is 0 Å². The average Bonchev–Trinajstić information content (AvgIpc) is 2.39. The molecule has 1 aliphatic heterocycles. The van der Waals surface area contributed by atoms with Gasteiger partial charge in [0.05, 0.1) is 0 Å². The Bertz CT molecular complexity index is 312. The van der Waals surface area contributed by atoms with Crippen molar-refractivity contribution in [3.05, 3.63) is 35.4 Å². The molecule has 0 aromatic heterocycles. The minimum atomic E-state index is 0.787. The second-order valence-corrected chi connectivity index (χ2v) is 5.05. The van der Waals surface area contributed by atoms with Gasteiger partial charge < -0.3 is 5.73 Å². The summed E-state index contributed by atoms with van der Waals surface area (Å²) in [6.07, 6.45) is 6.35. The molecule has 0 saturated carbocycles. The number of aryl methyl sites for hydroxylation is 1. The molecule has 1 saturated heterocycles. The van der Waals surface area contributed by atoms with Crippen LogP contribution >= 0.6 is 0 Å². The van der Waals surface area contributed by atoms with Crippen molar-refractivity contribution in [2.24, 2.45) is 5.73 Å². The van der Waals surface area contributed by atoms with Crippen molar-refractivity contribution >= 4 is 0 Å².